The fraction of sp³-hybridized carbons (Fsp3) is 0.267. The van der Waals surface area contributed by atoms with Crippen molar-refractivity contribution in [2.75, 3.05) is 5.32 Å². The Bertz CT molecular complexity index is 715. The van der Waals surface area contributed by atoms with Gasteiger partial charge in [-0.2, -0.15) is 15.0 Å². The van der Waals surface area contributed by atoms with Crippen molar-refractivity contribution in [3.05, 3.63) is 52.2 Å². The first-order chi connectivity index (χ1) is 10.1. The summed E-state index contributed by atoms with van der Waals surface area (Å²) in [6, 6.07) is 8.32. The van der Waals surface area contributed by atoms with Crippen LogP contribution in [0.1, 0.15) is 28.5 Å². The smallest absolute Gasteiger partial charge is 0.0900 e. The lowest BCUT2D eigenvalue weighted by Crippen LogP contribution is -2.06. The van der Waals surface area contributed by atoms with Crippen molar-refractivity contribution in [2.24, 2.45) is 0 Å². The van der Waals surface area contributed by atoms with E-state index in [0.717, 1.165) is 22.1 Å². The lowest BCUT2D eigenvalue weighted by Gasteiger charge is -2.14. The van der Waals surface area contributed by atoms with Gasteiger partial charge in [0.15, 0.2) is 0 Å². The maximum atomic E-state index is 4.48. The molecule has 1 atom stereocenters. The molecule has 108 valence electrons. The normalized spacial score (nSPS) is 12.3. The molecular formula is C15H17N5S. The average molecular weight is 299 g/mol. The maximum Gasteiger partial charge on any atom is 0.0900 e. The topological polar surface area (TPSA) is 55.6 Å². The highest BCUT2D eigenvalue weighted by atomic mass is 32.1. The molecule has 5 nitrogen and oxygen atoms in total. The van der Waals surface area contributed by atoms with Gasteiger partial charge in [-0.3, -0.25) is 0 Å². The third kappa shape index (κ3) is 2.95. The Hall–Kier alpha value is -2.21. The van der Waals surface area contributed by atoms with Gasteiger partial charge in [0.05, 0.1) is 34.8 Å². The summed E-state index contributed by atoms with van der Waals surface area (Å²) in [7, 11) is 0. The summed E-state index contributed by atoms with van der Waals surface area (Å²) in [5, 5.41) is 12.8. The predicted molar refractivity (Wildman–Crippen MR) is 85.0 cm³/mol. The van der Waals surface area contributed by atoms with E-state index in [-0.39, 0.29) is 6.04 Å². The van der Waals surface area contributed by atoms with Gasteiger partial charge >= 0.3 is 0 Å². The van der Waals surface area contributed by atoms with Crippen molar-refractivity contribution in [1.82, 2.24) is 20.0 Å². The predicted octanol–water partition coefficient (Wildman–Crippen LogP) is 3.51. The first-order valence-corrected chi connectivity index (χ1v) is 7.62. The fourth-order valence-electron chi connectivity index (χ4n) is 2.30. The molecule has 0 spiro atoms. The molecule has 2 heterocycles. The van der Waals surface area contributed by atoms with E-state index in [1.807, 2.05) is 31.2 Å². The summed E-state index contributed by atoms with van der Waals surface area (Å²) in [5.74, 6) is 0. The molecule has 0 amide bonds. The number of thiazole rings is 1. The van der Waals surface area contributed by atoms with Crippen LogP contribution in [0.25, 0.3) is 5.69 Å². The Kier molecular flexibility index (Phi) is 3.70. The number of anilines is 1. The Labute approximate surface area is 127 Å². The minimum atomic E-state index is 0.241. The number of rotatable bonds is 4. The van der Waals surface area contributed by atoms with E-state index in [4.69, 9.17) is 0 Å². The fourth-order valence-corrected chi connectivity index (χ4v) is 3.23. The van der Waals surface area contributed by atoms with Crippen LogP contribution in [0, 0.1) is 13.8 Å². The van der Waals surface area contributed by atoms with E-state index >= 15 is 0 Å². The molecule has 2 aromatic heterocycles. The van der Waals surface area contributed by atoms with E-state index in [1.54, 1.807) is 28.5 Å². The molecule has 0 aliphatic carbocycles. The second-order valence-electron chi connectivity index (χ2n) is 4.91. The van der Waals surface area contributed by atoms with E-state index in [9.17, 15) is 0 Å². The maximum absolute atomic E-state index is 4.48. The molecule has 3 aromatic rings. The Morgan fingerprint density at radius 2 is 1.76 bits per heavy atom. The lowest BCUT2D eigenvalue weighted by atomic mass is 10.2. The molecule has 1 N–H and O–H groups in total. The molecule has 21 heavy (non-hydrogen) atoms. The lowest BCUT2D eigenvalue weighted by molar-refractivity contribution is 0.752. The zero-order valence-electron chi connectivity index (χ0n) is 12.2. The van der Waals surface area contributed by atoms with Gasteiger partial charge in [-0.05, 0) is 45.0 Å². The molecule has 0 aliphatic rings. The van der Waals surface area contributed by atoms with Crippen molar-refractivity contribution in [3.8, 4) is 5.69 Å². The SMILES string of the molecule is Cc1nc(C)c(C(C)Nc2ccc(-n3nccn3)cc2)s1. The Morgan fingerprint density at radius 1 is 1.10 bits per heavy atom. The molecule has 1 aromatic carbocycles. The number of aromatic nitrogens is 4. The van der Waals surface area contributed by atoms with Gasteiger partial charge in [-0.15, -0.1) is 11.3 Å². The van der Waals surface area contributed by atoms with Crippen LogP contribution in [0.5, 0.6) is 0 Å². The first-order valence-electron chi connectivity index (χ1n) is 6.80. The van der Waals surface area contributed by atoms with Crippen molar-refractivity contribution >= 4 is 17.0 Å². The van der Waals surface area contributed by atoms with Crippen LogP contribution in [0.3, 0.4) is 0 Å². The van der Waals surface area contributed by atoms with Crippen LogP contribution >= 0.6 is 11.3 Å². The zero-order chi connectivity index (χ0) is 14.8. The minimum Gasteiger partial charge on any atom is -0.378 e. The van der Waals surface area contributed by atoms with Crippen molar-refractivity contribution in [2.45, 2.75) is 26.8 Å². The molecule has 3 rings (SSSR count). The highest BCUT2D eigenvalue weighted by Crippen LogP contribution is 2.27. The van der Waals surface area contributed by atoms with Crippen molar-refractivity contribution < 1.29 is 0 Å². The van der Waals surface area contributed by atoms with Crippen molar-refractivity contribution in [1.29, 1.82) is 0 Å². The number of hydrogen-bond acceptors (Lipinski definition) is 5. The van der Waals surface area contributed by atoms with Crippen LogP contribution in [-0.2, 0) is 0 Å². The van der Waals surface area contributed by atoms with E-state index < -0.39 is 0 Å². The zero-order valence-corrected chi connectivity index (χ0v) is 13.1. The molecule has 0 fully saturated rings. The van der Waals surface area contributed by atoms with Gasteiger partial charge in [0.2, 0.25) is 0 Å². The standard InChI is InChI=1S/C15H17N5S/c1-10-15(21-12(3)18-10)11(2)19-13-4-6-14(7-5-13)20-16-8-9-17-20/h4-9,11,19H,1-3H3. The van der Waals surface area contributed by atoms with Crippen LogP contribution in [0.2, 0.25) is 0 Å². The van der Waals surface area contributed by atoms with Gasteiger partial charge in [-0.25, -0.2) is 4.98 Å². The van der Waals surface area contributed by atoms with E-state index in [2.05, 4.69) is 34.3 Å². The second kappa shape index (κ2) is 5.65. The largest absolute Gasteiger partial charge is 0.378 e. The van der Waals surface area contributed by atoms with Gasteiger partial charge < -0.3 is 5.32 Å². The summed E-state index contributed by atoms with van der Waals surface area (Å²) < 4.78 is 0. The van der Waals surface area contributed by atoms with Crippen molar-refractivity contribution in [3.63, 3.8) is 0 Å². The highest BCUT2D eigenvalue weighted by molar-refractivity contribution is 7.11. The molecule has 0 saturated carbocycles. The number of benzene rings is 1. The summed E-state index contributed by atoms with van der Waals surface area (Å²) in [5.41, 5.74) is 3.13. The molecule has 0 radical (unpaired) electrons. The van der Waals surface area contributed by atoms with E-state index in [1.165, 1.54) is 4.88 Å². The minimum absolute atomic E-state index is 0.241. The Morgan fingerprint density at radius 3 is 2.33 bits per heavy atom. The van der Waals surface area contributed by atoms with Gasteiger partial charge in [0.25, 0.3) is 0 Å². The number of hydrogen-bond donors (Lipinski definition) is 1. The van der Waals surface area contributed by atoms with Crippen LogP contribution in [-0.4, -0.2) is 20.0 Å². The second-order valence-corrected chi connectivity index (χ2v) is 6.15. The van der Waals surface area contributed by atoms with Gasteiger partial charge in [-0.1, -0.05) is 0 Å². The molecule has 0 bridgehead atoms. The van der Waals surface area contributed by atoms with Crippen LogP contribution in [0.4, 0.5) is 5.69 Å². The highest BCUT2D eigenvalue weighted by Gasteiger charge is 2.12. The van der Waals surface area contributed by atoms with E-state index in [0.29, 0.717) is 0 Å². The summed E-state index contributed by atoms with van der Waals surface area (Å²) in [4.78, 5) is 7.36. The monoisotopic (exact) mass is 299 g/mol. The summed E-state index contributed by atoms with van der Waals surface area (Å²) >= 11 is 1.75. The summed E-state index contributed by atoms with van der Waals surface area (Å²) in [6.07, 6.45) is 3.34. The number of nitrogens with one attached hydrogen (secondary N) is 1. The average Bonchev–Trinajstić information content (AvgIpc) is 3.09. The molecule has 0 aliphatic heterocycles. The molecular weight excluding hydrogens is 282 g/mol. The third-order valence-electron chi connectivity index (χ3n) is 3.23. The van der Waals surface area contributed by atoms with Gasteiger partial charge in [0.1, 0.15) is 0 Å². The van der Waals surface area contributed by atoms with Crippen LogP contribution < -0.4 is 5.32 Å². The quantitative estimate of drug-likeness (QED) is 0.801. The first kappa shape index (κ1) is 13.8. The molecule has 1 unspecified atom stereocenters. The van der Waals surface area contributed by atoms with Crippen LogP contribution in [0.15, 0.2) is 36.7 Å². The number of aryl methyl sites for hydroxylation is 2. The molecule has 6 heteroatoms. The Balaban J connectivity index is 1.74. The number of nitrogens with zero attached hydrogens (tertiary/aromatic N) is 4. The third-order valence-corrected chi connectivity index (χ3v) is 4.49. The van der Waals surface area contributed by atoms with Gasteiger partial charge in [0, 0.05) is 10.6 Å². The molecule has 0 saturated heterocycles. The summed E-state index contributed by atoms with van der Waals surface area (Å²) in [6.45, 7) is 6.26.